The van der Waals surface area contributed by atoms with Gasteiger partial charge in [-0.3, -0.25) is 5.41 Å². The van der Waals surface area contributed by atoms with Gasteiger partial charge in [0.1, 0.15) is 5.84 Å². The van der Waals surface area contributed by atoms with Gasteiger partial charge in [-0.15, -0.1) is 0 Å². The monoisotopic (exact) mass is 183 g/mol. The third kappa shape index (κ3) is 2.90. The van der Waals surface area contributed by atoms with Crippen LogP contribution < -0.4 is 5.32 Å². The molecule has 0 aromatic carbocycles. The van der Waals surface area contributed by atoms with E-state index < -0.39 is 6.10 Å². The van der Waals surface area contributed by atoms with Gasteiger partial charge in [0.25, 0.3) is 0 Å². The molecule has 0 radical (unpaired) electrons. The molecule has 74 valence electrons. The number of aliphatic imine (C=N–C) groups is 1. The van der Waals surface area contributed by atoms with Crippen LogP contribution >= 0.6 is 0 Å². The fourth-order valence-corrected chi connectivity index (χ4v) is 1.37. The molecule has 0 heterocycles. The van der Waals surface area contributed by atoms with Gasteiger partial charge in [-0.05, 0) is 26.8 Å². The van der Waals surface area contributed by atoms with Crippen LogP contribution in [0.2, 0.25) is 0 Å². The lowest BCUT2D eigenvalue weighted by Gasteiger charge is -2.33. The molecule has 3 N–H and O–H groups in total. The normalized spacial score (nSPS) is 30.1. The Kier molecular flexibility index (Phi) is 3.57. The second-order valence-electron chi connectivity index (χ2n) is 3.56. The van der Waals surface area contributed by atoms with Crippen LogP contribution in [-0.4, -0.2) is 36.4 Å². The van der Waals surface area contributed by atoms with E-state index in [9.17, 15) is 0 Å². The van der Waals surface area contributed by atoms with Gasteiger partial charge in [0, 0.05) is 18.2 Å². The third-order valence-corrected chi connectivity index (χ3v) is 2.36. The summed E-state index contributed by atoms with van der Waals surface area (Å²) < 4.78 is 0. The smallest absolute Gasteiger partial charge is 0.123 e. The summed E-state index contributed by atoms with van der Waals surface area (Å²) in [6.07, 6.45) is 2.84. The Morgan fingerprint density at radius 1 is 1.69 bits per heavy atom. The van der Waals surface area contributed by atoms with Crippen molar-refractivity contribution in [2.75, 3.05) is 7.05 Å². The van der Waals surface area contributed by atoms with Gasteiger partial charge in [-0.2, -0.15) is 0 Å². The SMILES string of the molecule is CNC1CC(C(=N)N=C[C@@H](C)O)C1. The minimum atomic E-state index is -0.555. The van der Waals surface area contributed by atoms with E-state index in [0.717, 1.165) is 12.8 Å². The van der Waals surface area contributed by atoms with Gasteiger partial charge in [0.15, 0.2) is 0 Å². The predicted octanol–water partition coefficient (Wildman–Crippen LogP) is 0.413. The number of hydrogen-bond acceptors (Lipinski definition) is 3. The second-order valence-corrected chi connectivity index (χ2v) is 3.56. The molecule has 0 bridgehead atoms. The first kappa shape index (κ1) is 10.3. The lowest BCUT2D eigenvalue weighted by atomic mass is 9.79. The van der Waals surface area contributed by atoms with Crippen molar-refractivity contribution in [1.29, 1.82) is 5.41 Å². The fourth-order valence-electron chi connectivity index (χ4n) is 1.37. The summed E-state index contributed by atoms with van der Waals surface area (Å²) >= 11 is 0. The van der Waals surface area contributed by atoms with Crippen LogP contribution in [-0.2, 0) is 0 Å². The number of aliphatic hydroxyl groups is 1. The lowest BCUT2D eigenvalue weighted by Crippen LogP contribution is -2.41. The van der Waals surface area contributed by atoms with Crippen molar-refractivity contribution in [3.05, 3.63) is 0 Å². The summed E-state index contributed by atoms with van der Waals surface area (Å²) in [5.74, 6) is 0.680. The first-order valence-electron chi connectivity index (χ1n) is 4.61. The Balaban J connectivity index is 2.27. The maximum absolute atomic E-state index is 8.91. The van der Waals surface area contributed by atoms with Gasteiger partial charge in [-0.1, -0.05) is 0 Å². The number of rotatable bonds is 3. The quantitative estimate of drug-likeness (QED) is 0.438. The number of nitrogens with one attached hydrogen (secondary N) is 2. The zero-order valence-electron chi connectivity index (χ0n) is 8.12. The van der Waals surface area contributed by atoms with E-state index in [1.807, 2.05) is 7.05 Å². The highest BCUT2D eigenvalue weighted by Crippen LogP contribution is 2.28. The predicted molar refractivity (Wildman–Crippen MR) is 53.5 cm³/mol. The van der Waals surface area contributed by atoms with Gasteiger partial charge in [-0.25, -0.2) is 4.99 Å². The van der Waals surface area contributed by atoms with E-state index in [0.29, 0.717) is 11.9 Å². The number of aliphatic hydroxyl groups excluding tert-OH is 1. The number of hydrogen-bond donors (Lipinski definition) is 3. The van der Waals surface area contributed by atoms with E-state index >= 15 is 0 Å². The summed E-state index contributed by atoms with van der Waals surface area (Å²) in [4.78, 5) is 3.89. The van der Waals surface area contributed by atoms with E-state index in [2.05, 4.69) is 10.3 Å². The number of nitrogens with zero attached hydrogens (tertiary/aromatic N) is 1. The van der Waals surface area contributed by atoms with E-state index in [4.69, 9.17) is 10.5 Å². The van der Waals surface area contributed by atoms with Crippen LogP contribution in [0.15, 0.2) is 4.99 Å². The molecule has 0 unspecified atom stereocenters. The van der Waals surface area contributed by atoms with Gasteiger partial charge in [0.05, 0.1) is 6.10 Å². The molecule has 0 aromatic heterocycles. The number of amidine groups is 1. The standard InChI is InChI=1S/C9H17N3O/c1-6(13)5-12-9(10)7-3-8(4-7)11-2/h5-8,10-11,13H,3-4H2,1-2H3/t6-,7?,8?/m1/s1. The molecule has 1 aliphatic carbocycles. The topological polar surface area (TPSA) is 68.5 Å². The first-order chi connectivity index (χ1) is 6.13. The Hall–Kier alpha value is -0.740. The average molecular weight is 183 g/mol. The summed E-state index contributed by atoms with van der Waals surface area (Å²) in [6, 6.07) is 0.548. The first-order valence-corrected chi connectivity index (χ1v) is 4.61. The summed E-state index contributed by atoms with van der Waals surface area (Å²) in [7, 11) is 1.93. The van der Waals surface area contributed by atoms with E-state index in [1.54, 1.807) is 6.92 Å². The third-order valence-electron chi connectivity index (χ3n) is 2.36. The van der Waals surface area contributed by atoms with Crippen molar-refractivity contribution in [2.24, 2.45) is 10.9 Å². The zero-order chi connectivity index (χ0) is 9.84. The molecular formula is C9H17N3O. The van der Waals surface area contributed by atoms with E-state index in [1.165, 1.54) is 6.21 Å². The highest BCUT2D eigenvalue weighted by atomic mass is 16.3. The highest BCUT2D eigenvalue weighted by molar-refractivity contribution is 5.90. The summed E-state index contributed by atoms with van der Waals surface area (Å²) in [5.41, 5.74) is 0. The molecule has 1 rings (SSSR count). The van der Waals surface area contributed by atoms with Crippen molar-refractivity contribution in [1.82, 2.24) is 5.32 Å². The molecule has 4 nitrogen and oxygen atoms in total. The summed E-state index contributed by atoms with van der Waals surface area (Å²) in [5, 5.41) is 19.6. The molecule has 1 atom stereocenters. The molecule has 1 fully saturated rings. The maximum atomic E-state index is 8.91. The lowest BCUT2D eigenvalue weighted by molar-refractivity contribution is 0.266. The maximum Gasteiger partial charge on any atom is 0.123 e. The highest BCUT2D eigenvalue weighted by Gasteiger charge is 2.30. The van der Waals surface area contributed by atoms with Crippen LogP contribution in [0.25, 0.3) is 0 Å². The molecule has 4 heteroatoms. The Bertz CT molecular complexity index is 207. The Morgan fingerprint density at radius 2 is 2.31 bits per heavy atom. The molecule has 0 aliphatic heterocycles. The minimum Gasteiger partial charge on any atom is -0.388 e. The van der Waals surface area contributed by atoms with Gasteiger partial charge < -0.3 is 10.4 Å². The van der Waals surface area contributed by atoms with Crippen molar-refractivity contribution in [2.45, 2.75) is 31.9 Å². The van der Waals surface area contributed by atoms with Gasteiger partial charge >= 0.3 is 0 Å². The zero-order valence-corrected chi connectivity index (χ0v) is 8.12. The van der Waals surface area contributed by atoms with Crippen molar-refractivity contribution >= 4 is 12.1 Å². The second kappa shape index (κ2) is 4.48. The van der Waals surface area contributed by atoms with Crippen LogP contribution in [0, 0.1) is 11.3 Å². The van der Waals surface area contributed by atoms with Crippen LogP contribution in [0.5, 0.6) is 0 Å². The molecule has 0 saturated heterocycles. The van der Waals surface area contributed by atoms with Crippen LogP contribution in [0.1, 0.15) is 19.8 Å². The molecule has 0 aromatic rings. The fraction of sp³-hybridized carbons (Fsp3) is 0.778. The Morgan fingerprint density at radius 3 is 2.77 bits per heavy atom. The van der Waals surface area contributed by atoms with Crippen molar-refractivity contribution in [3.63, 3.8) is 0 Å². The van der Waals surface area contributed by atoms with Crippen molar-refractivity contribution in [3.8, 4) is 0 Å². The molecule has 0 spiro atoms. The molecule has 1 saturated carbocycles. The molecule has 0 amide bonds. The molecule has 13 heavy (non-hydrogen) atoms. The molecule has 1 aliphatic rings. The van der Waals surface area contributed by atoms with Gasteiger partial charge in [0.2, 0.25) is 0 Å². The van der Waals surface area contributed by atoms with Crippen LogP contribution in [0.3, 0.4) is 0 Å². The average Bonchev–Trinajstić information content (AvgIpc) is 1.99. The largest absolute Gasteiger partial charge is 0.388 e. The van der Waals surface area contributed by atoms with Crippen molar-refractivity contribution < 1.29 is 5.11 Å². The molecular weight excluding hydrogens is 166 g/mol. The van der Waals surface area contributed by atoms with Crippen LogP contribution in [0.4, 0.5) is 0 Å². The summed E-state index contributed by atoms with van der Waals surface area (Å²) in [6.45, 7) is 1.63. The Labute approximate surface area is 78.6 Å². The van der Waals surface area contributed by atoms with E-state index in [-0.39, 0.29) is 5.92 Å². The minimum absolute atomic E-state index is 0.285.